The summed E-state index contributed by atoms with van der Waals surface area (Å²) in [7, 11) is 0. The summed E-state index contributed by atoms with van der Waals surface area (Å²) in [6, 6.07) is 2.64. The van der Waals surface area contributed by atoms with Crippen molar-refractivity contribution < 1.29 is 4.39 Å². The van der Waals surface area contributed by atoms with Crippen molar-refractivity contribution in [1.82, 2.24) is 0 Å². The van der Waals surface area contributed by atoms with Crippen LogP contribution in [0.1, 0.15) is 5.56 Å². The minimum atomic E-state index is -0.312. The van der Waals surface area contributed by atoms with Crippen LogP contribution in [0.4, 0.5) is 4.39 Å². The molecule has 0 aliphatic rings. The van der Waals surface area contributed by atoms with E-state index in [1.165, 1.54) is 12.1 Å². The maximum Gasteiger partial charge on any atom is 0.125 e. The summed E-state index contributed by atoms with van der Waals surface area (Å²) in [6.45, 7) is 5.49. The predicted molar refractivity (Wildman–Crippen MR) is 45.2 cm³/mol. The van der Waals surface area contributed by atoms with E-state index in [2.05, 4.69) is 31.9 Å². The molecule has 2 radical (unpaired) electrons. The summed E-state index contributed by atoms with van der Waals surface area (Å²) in [4.78, 5) is 0. The second kappa shape index (κ2) is 3.01. The Hall–Kier alpha value is 0.110. The molecule has 0 aliphatic carbocycles. The third kappa shape index (κ3) is 1.58. The van der Waals surface area contributed by atoms with E-state index in [4.69, 9.17) is 6.92 Å². The van der Waals surface area contributed by atoms with Crippen molar-refractivity contribution in [1.29, 1.82) is 0 Å². The van der Waals surface area contributed by atoms with Gasteiger partial charge in [0.15, 0.2) is 0 Å². The number of hydrogen-bond donors (Lipinski definition) is 0. The van der Waals surface area contributed by atoms with Crippen molar-refractivity contribution in [3.63, 3.8) is 0 Å². The van der Waals surface area contributed by atoms with Crippen LogP contribution in [0, 0.1) is 12.7 Å². The SMILES string of the molecule is [CH]c1c(Br)cc(F)cc1Br. The summed E-state index contributed by atoms with van der Waals surface area (Å²) in [5.41, 5.74) is 0.515. The highest BCUT2D eigenvalue weighted by molar-refractivity contribution is 9.11. The molecule has 0 bridgehead atoms. The highest BCUT2D eigenvalue weighted by atomic mass is 79.9. The van der Waals surface area contributed by atoms with Crippen molar-refractivity contribution in [3.05, 3.63) is 39.4 Å². The zero-order chi connectivity index (χ0) is 7.72. The first-order valence-corrected chi connectivity index (χ1v) is 4.10. The molecule has 0 fully saturated rings. The first-order chi connectivity index (χ1) is 4.61. The second-order valence-electron chi connectivity index (χ2n) is 1.78. The smallest absolute Gasteiger partial charge is 0.125 e. The van der Waals surface area contributed by atoms with Gasteiger partial charge in [-0.3, -0.25) is 0 Å². The number of rotatable bonds is 0. The molecule has 1 rings (SSSR count). The number of halogens is 3. The number of hydrogen-bond acceptors (Lipinski definition) is 0. The van der Waals surface area contributed by atoms with Crippen molar-refractivity contribution in [2.24, 2.45) is 0 Å². The van der Waals surface area contributed by atoms with Crippen LogP contribution in [0.2, 0.25) is 0 Å². The first-order valence-electron chi connectivity index (χ1n) is 2.51. The van der Waals surface area contributed by atoms with E-state index < -0.39 is 0 Å². The maximum absolute atomic E-state index is 12.5. The molecule has 0 N–H and O–H groups in total. The van der Waals surface area contributed by atoms with E-state index in [1.54, 1.807) is 0 Å². The van der Waals surface area contributed by atoms with Gasteiger partial charge in [-0.25, -0.2) is 4.39 Å². The van der Waals surface area contributed by atoms with Crippen molar-refractivity contribution in [2.45, 2.75) is 0 Å². The monoisotopic (exact) mass is 264 g/mol. The molecule has 0 aliphatic heterocycles. The van der Waals surface area contributed by atoms with E-state index in [0.29, 0.717) is 14.5 Å². The Labute approximate surface area is 75.7 Å². The van der Waals surface area contributed by atoms with E-state index in [0.717, 1.165) is 0 Å². The Morgan fingerprint density at radius 2 is 1.60 bits per heavy atom. The third-order valence-corrected chi connectivity index (χ3v) is 2.36. The molecule has 0 unspecified atom stereocenters. The van der Waals surface area contributed by atoms with Crippen LogP contribution < -0.4 is 0 Å². The lowest BCUT2D eigenvalue weighted by Crippen LogP contribution is -1.80. The fourth-order valence-corrected chi connectivity index (χ4v) is 1.68. The van der Waals surface area contributed by atoms with Crippen LogP contribution >= 0.6 is 31.9 Å². The fourth-order valence-electron chi connectivity index (χ4n) is 0.553. The predicted octanol–water partition coefficient (Wildman–Crippen LogP) is 3.41. The average molecular weight is 266 g/mol. The van der Waals surface area contributed by atoms with Crippen LogP contribution in [0.15, 0.2) is 21.1 Å². The van der Waals surface area contributed by atoms with Gasteiger partial charge in [-0.2, -0.15) is 0 Å². The number of benzene rings is 1. The van der Waals surface area contributed by atoms with Crippen molar-refractivity contribution in [2.75, 3.05) is 0 Å². The summed E-state index contributed by atoms with van der Waals surface area (Å²) in [6.07, 6.45) is 0. The summed E-state index contributed by atoms with van der Waals surface area (Å²) >= 11 is 6.20. The zero-order valence-electron chi connectivity index (χ0n) is 4.87. The molecule has 0 heterocycles. The van der Waals surface area contributed by atoms with E-state index in [-0.39, 0.29) is 5.82 Å². The first kappa shape index (κ1) is 8.21. The summed E-state index contributed by atoms with van der Waals surface area (Å²) in [5.74, 6) is -0.312. The van der Waals surface area contributed by atoms with E-state index >= 15 is 0 Å². The van der Waals surface area contributed by atoms with E-state index in [9.17, 15) is 4.39 Å². The van der Waals surface area contributed by atoms with Gasteiger partial charge in [0.25, 0.3) is 0 Å². The van der Waals surface area contributed by atoms with Crippen LogP contribution in [0.5, 0.6) is 0 Å². The lowest BCUT2D eigenvalue weighted by Gasteiger charge is -1.99. The molecule has 0 atom stereocenters. The maximum atomic E-state index is 12.5. The average Bonchev–Trinajstić information content (AvgIpc) is 1.82. The normalized spacial score (nSPS) is 10.0. The lowest BCUT2D eigenvalue weighted by atomic mass is 10.2. The van der Waals surface area contributed by atoms with Crippen molar-refractivity contribution in [3.8, 4) is 0 Å². The van der Waals surface area contributed by atoms with Gasteiger partial charge in [0, 0.05) is 15.9 Å². The molecular formula is C7H3Br2F. The van der Waals surface area contributed by atoms with Crippen LogP contribution in [0.25, 0.3) is 0 Å². The third-order valence-electron chi connectivity index (χ3n) is 1.04. The van der Waals surface area contributed by atoms with Crippen LogP contribution in [-0.4, -0.2) is 0 Å². The highest BCUT2D eigenvalue weighted by Gasteiger charge is 2.01. The second-order valence-corrected chi connectivity index (χ2v) is 3.49. The van der Waals surface area contributed by atoms with Gasteiger partial charge in [0.05, 0.1) is 0 Å². The van der Waals surface area contributed by atoms with Gasteiger partial charge in [-0.15, -0.1) is 0 Å². The molecule has 0 saturated carbocycles. The van der Waals surface area contributed by atoms with Crippen molar-refractivity contribution >= 4 is 31.9 Å². The van der Waals surface area contributed by atoms with Gasteiger partial charge < -0.3 is 0 Å². The molecule has 3 heteroatoms. The highest BCUT2D eigenvalue weighted by Crippen LogP contribution is 2.25. The zero-order valence-corrected chi connectivity index (χ0v) is 8.04. The largest absolute Gasteiger partial charge is 0.207 e. The van der Waals surface area contributed by atoms with Gasteiger partial charge in [0.2, 0.25) is 0 Å². The summed E-state index contributed by atoms with van der Waals surface area (Å²) in [5, 5.41) is 0. The van der Waals surface area contributed by atoms with Crippen LogP contribution in [-0.2, 0) is 0 Å². The van der Waals surface area contributed by atoms with Crippen LogP contribution in [0.3, 0.4) is 0 Å². The Kier molecular flexibility index (Phi) is 2.47. The quantitative estimate of drug-likeness (QED) is 0.675. The lowest BCUT2D eigenvalue weighted by molar-refractivity contribution is 0.625. The van der Waals surface area contributed by atoms with Gasteiger partial charge >= 0.3 is 0 Å². The Morgan fingerprint density at radius 1 is 1.20 bits per heavy atom. The molecule has 0 aromatic heterocycles. The van der Waals surface area contributed by atoms with Gasteiger partial charge in [0.1, 0.15) is 5.82 Å². The molecule has 10 heavy (non-hydrogen) atoms. The molecule has 1 aromatic carbocycles. The molecule has 52 valence electrons. The molecular weight excluding hydrogens is 263 g/mol. The topological polar surface area (TPSA) is 0 Å². The Balaban J connectivity index is 3.31. The van der Waals surface area contributed by atoms with Gasteiger partial charge in [-0.05, 0) is 17.7 Å². The standard InChI is InChI=1S/C7H3Br2F/c1-4-6(8)2-5(10)3-7(4)9/h1-3H. The minimum absolute atomic E-state index is 0.312. The summed E-state index contributed by atoms with van der Waals surface area (Å²) < 4.78 is 13.6. The molecule has 0 saturated heterocycles. The van der Waals surface area contributed by atoms with E-state index in [1.807, 2.05) is 0 Å². The molecule has 0 spiro atoms. The molecule has 0 amide bonds. The Bertz CT molecular complexity index is 235. The minimum Gasteiger partial charge on any atom is -0.207 e. The molecule has 0 nitrogen and oxygen atoms in total. The Morgan fingerprint density at radius 3 is 2.00 bits per heavy atom. The van der Waals surface area contributed by atoms with Gasteiger partial charge in [-0.1, -0.05) is 31.9 Å². The molecule has 1 aromatic rings. The fraction of sp³-hybridized carbons (Fsp3) is 0.